The van der Waals surface area contributed by atoms with Gasteiger partial charge in [-0.1, -0.05) is 6.07 Å². The molecule has 4 nitrogen and oxygen atoms in total. The summed E-state index contributed by atoms with van der Waals surface area (Å²) >= 11 is 3.41. The molecular weight excluding hydrogens is 306 g/mol. The fraction of sp³-hybridized carbons (Fsp3) is 0.455. The summed E-state index contributed by atoms with van der Waals surface area (Å²) in [5.41, 5.74) is 6.61. The van der Waals surface area contributed by atoms with E-state index in [1.54, 1.807) is 0 Å². The second-order valence-electron chi connectivity index (χ2n) is 4.12. The number of benzene rings is 1. The van der Waals surface area contributed by atoms with Gasteiger partial charge in [0.2, 0.25) is 0 Å². The minimum atomic E-state index is -2.84. The SMILES string of the molecule is NCCc1ccc(OC2CS(=O)(=O)C2)c(Br)c1. The van der Waals surface area contributed by atoms with Crippen molar-refractivity contribution in [1.29, 1.82) is 0 Å². The third-order valence-electron chi connectivity index (χ3n) is 2.60. The summed E-state index contributed by atoms with van der Waals surface area (Å²) in [6.45, 7) is 0.605. The van der Waals surface area contributed by atoms with Crippen LogP contribution in [0.15, 0.2) is 22.7 Å². The first-order chi connectivity index (χ1) is 8.00. The van der Waals surface area contributed by atoms with Gasteiger partial charge in [0.25, 0.3) is 0 Å². The van der Waals surface area contributed by atoms with Gasteiger partial charge in [0.05, 0.1) is 16.0 Å². The van der Waals surface area contributed by atoms with Crippen molar-refractivity contribution in [3.8, 4) is 5.75 Å². The highest BCUT2D eigenvalue weighted by molar-refractivity contribution is 9.10. The summed E-state index contributed by atoms with van der Waals surface area (Å²) in [7, 11) is -2.84. The van der Waals surface area contributed by atoms with Crippen molar-refractivity contribution in [2.75, 3.05) is 18.1 Å². The van der Waals surface area contributed by atoms with Crippen LogP contribution in [0, 0.1) is 0 Å². The molecule has 0 aliphatic carbocycles. The molecule has 0 aromatic heterocycles. The first-order valence-corrected chi connectivity index (χ1v) is 7.97. The number of sulfone groups is 1. The highest BCUT2D eigenvalue weighted by atomic mass is 79.9. The lowest BCUT2D eigenvalue weighted by atomic mass is 10.1. The molecular formula is C11H14BrNO3S. The van der Waals surface area contributed by atoms with Crippen LogP contribution in [0.4, 0.5) is 0 Å². The van der Waals surface area contributed by atoms with Gasteiger partial charge in [0, 0.05) is 0 Å². The van der Waals surface area contributed by atoms with E-state index < -0.39 is 9.84 Å². The zero-order valence-electron chi connectivity index (χ0n) is 9.23. The number of ether oxygens (including phenoxy) is 1. The van der Waals surface area contributed by atoms with Crippen LogP contribution in [-0.4, -0.2) is 32.6 Å². The highest BCUT2D eigenvalue weighted by Crippen LogP contribution is 2.29. The van der Waals surface area contributed by atoms with E-state index in [0.717, 1.165) is 16.5 Å². The minimum Gasteiger partial charge on any atom is -0.487 e. The van der Waals surface area contributed by atoms with E-state index in [1.165, 1.54) is 0 Å². The summed E-state index contributed by atoms with van der Waals surface area (Å²) < 4.78 is 28.4. The van der Waals surface area contributed by atoms with Crippen molar-refractivity contribution in [2.24, 2.45) is 5.73 Å². The molecule has 1 aromatic rings. The Bertz CT molecular complexity index is 503. The standard InChI is InChI=1S/C11H14BrNO3S/c12-10-5-8(3-4-13)1-2-11(10)16-9-6-17(14,15)7-9/h1-2,5,9H,3-4,6-7,13H2. The predicted molar refractivity (Wildman–Crippen MR) is 70.0 cm³/mol. The highest BCUT2D eigenvalue weighted by Gasteiger charge is 2.35. The third kappa shape index (κ3) is 3.20. The van der Waals surface area contributed by atoms with Gasteiger partial charge < -0.3 is 10.5 Å². The van der Waals surface area contributed by atoms with Crippen LogP contribution in [0.1, 0.15) is 5.56 Å². The van der Waals surface area contributed by atoms with Gasteiger partial charge in [0.15, 0.2) is 9.84 Å². The summed E-state index contributed by atoms with van der Waals surface area (Å²) in [6, 6.07) is 5.75. The minimum absolute atomic E-state index is 0.115. The molecule has 1 aliphatic rings. The predicted octanol–water partition coefficient (Wildman–Crippen LogP) is 1.13. The molecule has 1 heterocycles. The molecule has 0 amide bonds. The molecule has 2 N–H and O–H groups in total. The monoisotopic (exact) mass is 319 g/mol. The van der Waals surface area contributed by atoms with Crippen LogP contribution in [-0.2, 0) is 16.3 Å². The molecule has 6 heteroatoms. The molecule has 1 aliphatic heterocycles. The van der Waals surface area contributed by atoms with E-state index in [2.05, 4.69) is 15.9 Å². The second-order valence-corrected chi connectivity index (χ2v) is 7.13. The lowest BCUT2D eigenvalue weighted by Gasteiger charge is -2.27. The smallest absolute Gasteiger partial charge is 0.157 e. The number of nitrogens with two attached hydrogens (primary N) is 1. The summed E-state index contributed by atoms with van der Waals surface area (Å²) in [6.07, 6.45) is 0.605. The van der Waals surface area contributed by atoms with E-state index in [4.69, 9.17) is 10.5 Å². The van der Waals surface area contributed by atoms with Crippen molar-refractivity contribution >= 4 is 25.8 Å². The van der Waals surface area contributed by atoms with Crippen LogP contribution < -0.4 is 10.5 Å². The molecule has 1 fully saturated rings. The number of hydrogen-bond donors (Lipinski definition) is 1. The first kappa shape index (κ1) is 12.9. The largest absolute Gasteiger partial charge is 0.487 e. The number of rotatable bonds is 4. The maximum Gasteiger partial charge on any atom is 0.157 e. The third-order valence-corrected chi connectivity index (χ3v) is 4.98. The van der Waals surface area contributed by atoms with Crippen molar-refractivity contribution in [3.05, 3.63) is 28.2 Å². The molecule has 0 unspecified atom stereocenters. The molecule has 0 saturated carbocycles. The Kier molecular flexibility index (Phi) is 3.75. The maximum atomic E-state index is 11.0. The average Bonchev–Trinajstić information content (AvgIpc) is 2.19. The van der Waals surface area contributed by atoms with Crippen molar-refractivity contribution in [1.82, 2.24) is 0 Å². The Labute approximate surface area is 109 Å². The van der Waals surface area contributed by atoms with E-state index in [-0.39, 0.29) is 17.6 Å². The van der Waals surface area contributed by atoms with E-state index in [0.29, 0.717) is 12.3 Å². The van der Waals surface area contributed by atoms with E-state index >= 15 is 0 Å². The lowest BCUT2D eigenvalue weighted by molar-refractivity contribution is 0.229. The first-order valence-electron chi connectivity index (χ1n) is 5.36. The van der Waals surface area contributed by atoms with Crippen LogP contribution >= 0.6 is 15.9 Å². The molecule has 17 heavy (non-hydrogen) atoms. The van der Waals surface area contributed by atoms with Crippen LogP contribution in [0.3, 0.4) is 0 Å². The normalized spacial score (nSPS) is 18.7. The summed E-state index contributed by atoms with van der Waals surface area (Å²) in [5, 5.41) is 0. The Morgan fingerprint density at radius 1 is 1.41 bits per heavy atom. The van der Waals surface area contributed by atoms with Gasteiger partial charge in [-0.2, -0.15) is 0 Å². The van der Waals surface area contributed by atoms with Gasteiger partial charge in [0.1, 0.15) is 11.9 Å². The number of halogens is 1. The van der Waals surface area contributed by atoms with Crippen molar-refractivity contribution < 1.29 is 13.2 Å². The summed E-state index contributed by atoms with van der Waals surface area (Å²) in [4.78, 5) is 0. The Morgan fingerprint density at radius 2 is 2.12 bits per heavy atom. The molecule has 1 saturated heterocycles. The lowest BCUT2D eigenvalue weighted by Crippen LogP contribution is -2.45. The summed E-state index contributed by atoms with van der Waals surface area (Å²) in [5.74, 6) is 0.916. The fourth-order valence-corrected chi connectivity index (χ4v) is 3.42. The Balaban J connectivity index is 2.02. The quantitative estimate of drug-likeness (QED) is 0.903. The molecule has 0 radical (unpaired) electrons. The second kappa shape index (κ2) is 4.96. The van der Waals surface area contributed by atoms with Gasteiger partial charge in [-0.25, -0.2) is 8.42 Å². The Morgan fingerprint density at radius 3 is 2.65 bits per heavy atom. The van der Waals surface area contributed by atoms with Gasteiger partial charge in [-0.15, -0.1) is 0 Å². The van der Waals surface area contributed by atoms with Crippen LogP contribution in [0.25, 0.3) is 0 Å². The fourth-order valence-electron chi connectivity index (χ4n) is 1.73. The van der Waals surface area contributed by atoms with E-state index in [1.807, 2.05) is 18.2 Å². The molecule has 0 bridgehead atoms. The van der Waals surface area contributed by atoms with Crippen molar-refractivity contribution in [2.45, 2.75) is 12.5 Å². The van der Waals surface area contributed by atoms with Crippen molar-refractivity contribution in [3.63, 3.8) is 0 Å². The van der Waals surface area contributed by atoms with E-state index in [9.17, 15) is 8.42 Å². The average molecular weight is 320 g/mol. The molecule has 2 rings (SSSR count). The van der Waals surface area contributed by atoms with Gasteiger partial charge in [-0.3, -0.25) is 0 Å². The van der Waals surface area contributed by atoms with Crippen LogP contribution in [0.2, 0.25) is 0 Å². The zero-order chi connectivity index (χ0) is 12.5. The molecule has 94 valence electrons. The topological polar surface area (TPSA) is 69.4 Å². The zero-order valence-corrected chi connectivity index (χ0v) is 11.6. The molecule has 1 aromatic carbocycles. The van der Waals surface area contributed by atoms with Crippen LogP contribution in [0.5, 0.6) is 5.75 Å². The maximum absolute atomic E-state index is 11.0. The van der Waals surface area contributed by atoms with Gasteiger partial charge in [-0.05, 0) is 46.6 Å². The molecule has 0 spiro atoms. The van der Waals surface area contributed by atoms with Gasteiger partial charge >= 0.3 is 0 Å². The Hall–Kier alpha value is -0.590. The number of hydrogen-bond acceptors (Lipinski definition) is 4. The molecule has 0 atom stereocenters.